The number of carbonyl (C=O) groups is 1. The number of amides is 1. The van der Waals surface area contributed by atoms with Gasteiger partial charge in [0.15, 0.2) is 5.82 Å². The molecular formula is C31H35N9O. The average Bonchev–Trinajstić information content (AvgIpc) is 3.62. The van der Waals surface area contributed by atoms with Crippen LogP contribution in [0.4, 0.5) is 11.4 Å². The van der Waals surface area contributed by atoms with Crippen LogP contribution in [0.3, 0.4) is 0 Å². The maximum absolute atomic E-state index is 12.7. The molecule has 5 aromatic rings. The van der Waals surface area contributed by atoms with Gasteiger partial charge < -0.3 is 20.1 Å². The minimum atomic E-state index is 0.0530. The maximum atomic E-state index is 12.7. The molecular weight excluding hydrogens is 514 g/mol. The minimum absolute atomic E-state index is 0.0530. The number of imidazole rings is 1. The largest absolute Gasteiger partial charge is 0.367 e. The van der Waals surface area contributed by atoms with E-state index < -0.39 is 0 Å². The SMILES string of the molecule is CN1CCN(c2cccc3[nH]c(-c4n[nH]c5cnc(-c6cncc(NC(=O)CC7CCCCC7)c6)cc45)nc23)CC1. The molecule has 2 fully saturated rings. The third-order valence-corrected chi connectivity index (χ3v) is 8.52. The summed E-state index contributed by atoms with van der Waals surface area (Å²) < 4.78 is 0. The smallest absolute Gasteiger partial charge is 0.224 e. The highest BCUT2D eigenvalue weighted by molar-refractivity contribution is 5.97. The summed E-state index contributed by atoms with van der Waals surface area (Å²) >= 11 is 0. The van der Waals surface area contributed by atoms with Gasteiger partial charge in [-0.2, -0.15) is 5.10 Å². The summed E-state index contributed by atoms with van der Waals surface area (Å²) in [7, 11) is 2.16. The van der Waals surface area contributed by atoms with Gasteiger partial charge in [-0.05, 0) is 50.1 Å². The summed E-state index contributed by atoms with van der Waals surface area (Å²) in [6.45, 7) is 4.03. The number of rotatable bonds is 6. The van der Waals surface area contributed by atoms with E-state index >= 15 is 0 Å². The lowest BCUT2D eigenvalue weighted by atomic mass is 9.87. The molecule has 1 saturated heterocycles. The number of benzene rings is 1. The lowest BCUT2D eigenvalue weighted by molar-refractivity contribution is -0.117. The summed E-state index contributed by atoms with van der Waals surface area (Å²) in [5.74, 6) is 1.25. The zero-order valence-corrected chi connectivity index (χ0v) is 23.4. The fraction of sp³-hybridized carbons (Fsp3) is 0.387. The van der Waals surface area contributed by atoms with Crippen molar-refractivity contribution in [3.63, 3.8) is 0 Å². The van der Waals surface area contributed by atoms with Gasteiger partial charge in [0.25, 0.3) is 0 Å². The predicted octanol–water partition coefficient (Wildman–Crippen LogP) is 5.22. The molecule has 0 bridgehead atoms. The van der Waals surface area contributed by atoms with Gasteiger partial charge in [0.1, 0.15) is 11.2 Å². The molecule has 10 heteroatoms. The molecule has 0 unspecified atom stereocenters. The predicted molar refractivity (Wildman–Crippen MR) is 162 cm³/mol. The number of nitrogens with zero attached hydrogens (tertiary/aromatic N) is 6. The van der Waals surface area contributed by atoms with Gasteiger partial charge in [0.2, 0.25) is 5.91 Å². The Bertz CT molecular complexity index is 1690. The first kappa shape index (κ1) is 25.6. The van der Waals surface area contributed by atoms with Crippen LogP contribution in [0.15, 0.2) is 48.9 Å². The molecule has 4 aromatic heterocycles. The standard InChI is InChI=1S/C31H35N9O/c1-39-10-12-40(13-11-39)27-9-5-8-24-30(27)36-31(35-24)29-23-16-25(33-19-26(23)37-38-29)21-15-22(18-32-17-21)34-28(41)14-20-6-3-2-4-7-20/h5,8-9,15-20H,2-4,6-7,10-14H2,1H3,(H,34,41)(H,35,36)(H,37,38). The van der Waals surface area contributed by atoms with Crippen molar-refractivity contribution in [2.45, 2.75) is 38.5 Å². The van der Waals surface area contributed by atoms with Crippen molar-refractivity contribution in [3.05, 3.63) is 48.9 Å². The third kappa shape index (κ3) is 5.27. The first-order valence-electron chi connectivity index (χ1n) is 14.6. The van der Waals surface area contributed by atoms with E-state index in [0.29, 0.717) is 23.9 Å². The van der Waals surface area contributed by atoms with Gasteiger partial charge in [0, 0.05) is 49.7 Å². The molecule has 3 N–H and O–H groups in total. The second-order valence-electron chi connectivity index (χ2n) is 11.5. The van der Waals surface area contributed by atoms with Gasteiger partial charge in [-0.15, -0.1) is 0 Å². The molecule has 210 valence electrons. The van der Waals surface area contributed by atoms with Crippen LogP contribution in [0.2, 0.25) is 0 Å². The third-order valence-electron chi connectivity index (χ3n) is 8.52. The van der Waals surface area contributed by atoms with Gasteiger partial charge in [-0.25, -0.2) is 4.98 Å². The van der Waals surface area contributed by atoms with Crippen LogP contribution in [0, 0.1) is 5.92 Å². The van der Waals surface area contributed by atoms with E-state index in [0.717, 1.165) is 83.6 Å². The Hall–Kier alpha value is -4.31. The number of aromatic amines is 2. The Morgan fingerprint density at radius 3 is 2.73 bits per heavy atom. The summed E-state index contributed by atoms with van der Waals surface area (Å²) in [5, 5.41) is 11.7. The summed E-state index contributed by atoms with van der Waals surface area (Å²) in [6, 6.07) is 10.2. The van der Waals surface area contributed by atoms with Crippen LogP contribution in [0.25, 0.3) is 44.7 Å². The Balaban J connectivity index is 1.16. The molecule has 10 nitrogen and oxygen atoms in total. The Morgan fingerprint density at radius 1 is 1.02 bits per heavy atom. The number of fused-ring (bicyclic) bond motifs is 2. The van der Waals surface area contributed by atoms with E-state index in [2.05, 4.69) is 65.5 Å². The van der Waals surface area contributed by atoms with Gasteiger partial charge in [-0.1, -0.05) is 25.3 Å². The van der Waals surface area contributed by atoms with Gasteiger partial charge >= 0.3 is 0 Å². The molecule has 0 atom stereocenters. The summed E-state index contributed by atoms with van der Waals surface area (Å²) in [4.78, 5) is 35.0. The van der Waals surface area contributed by atoms with Crippen molar-refractivity contribution in [3.8, 4) is 22.8 Å². The first-order chi connectivity index (χ1) is 20.1. The highest BCUT2D eigenvalue weighted by Crippen LogP contribution is 2.33. The number of likely N-dealkylation sites (N-methyl/N-ethyl adjacent to an activating group) is 1. The van der Waals surface area contributed by atoms with Crippen LogP contribution < -0.4 is 10.2 Å². The van der Waals surface area contributed by atoms with Crippen molar-refractivity contribution in [2.75, 3.05) is 43.4 Å². The highest BCUT2D eigenvalue weighted by atomic mass is 16.1. The molecule has 1 amide bonds. The van der Waals surface area contributed by atoms with Crippen LogP contribution in [-0.4, -0.2) is 74.2 Å². The van der Waals surface area contributed by atoms with E-state index in [-0.39, 0.29) is 5.91 Å². The van der Waals surface area contributed by atoms with E-state index in [4.69, 9.17) is 4.98 Å². The molecule has 0 spiro atoms. The number of anilines is 2. The molecule has 1 saturated carbocycles. The minimum Gasteiger partial charge on any atom is -0.367 e. The second-order valence-corrected chi connectivity index (χ2v) is 11.5. The topological polar surface area (TPSA) is 119 Å². The molecule has 1 aliphatic carbocycles. The van der Waals surface area contributed by atoms with Crippen molar-refractivity contribution in [1.82, 2.24) is 35.0 Å². The molecule has 7 rings (SSSR count). The van der Waals surface area contributed by atoms with Crippen molar-refractivity contribution >= 4 is 39.2 Å². The maximum Gasteiger partial charge on any atom is 0.224 e. The highest BCUT2D eigenvalue weighted by Gasteiger charge is 2.21. The monoisotopic (exact) mass is 549 g/mol. The quantitative estimate of drug-likeness (QED) is 0.266. The molecule has 5 heterocycles. The number of piperazine rings is 1. The number of pyridine rings is 2. The molecule has 1 aliphatic heterocycles. The number of aromatic nitrogens is 6. The van der Waals surface area contributed by atoms with E-state index in [1.54, 1.807) is 18.6 Å². The molecule has 41 heavy (non-hydrogen) atoms. The van der Waals surface area contributed by atoms with Crippen molar-refractivity contribution < 1.29 is 4.79 Å². The summed E-state index contributed by atoms with van der Waals surface area (Å²) in [5.41, 5.74) is 6.94. The van der Waals surface area contributed by atoms with Gasteiger partial charge in [-0.3, -0.25) is 19.9 Å². The fourth-order valence-electron chi connectivity index (χ4n) is 6.20. The van der Waals surface area contributed by atoms with Crippen molar-refractivity contribution in [2.24, 2.45) is 5.92 Å². The normalized spacial score (nSPS) is 17.0. The second kappa shape index (κ2) is 10.9. The molecule has 2 aliphatic rings. The number of hydrogen-bond donors (Lipinski definition) is 3. The fourth-order valence-corrected chi connectivity index (χ4v) is 6.20. The Labute approximate surface area is 238 Å². The number of carbonyl (C=O) groups excluding carboxylic acids is 1. The van der Waals surface area contributed by atoms with Crippen LogP contribution in [0.5, 0.6) is 0 Å². The van der Waals surface area contributed by atoms with Crippen LogP contribution in [-0.2, 0) is 4.79 Å². The zero-order valence-electron chi connectivity index (χ0n) is 23.4. The number of H-pyrrole nitrogens is 2. The Morgan fingerprint density at radius 2 is 1.88 bits per heavy atom. The number of hydrogen-bond acceptors (Lipinski definition) is 7. The van der Waals surface area contributed by atoms with Crippen LogP contribution >= 0.6 is 0 Å². The average molecular weight is 550 g/mol. The van der Waals surface area contributed by atoms with E-state index in [1.165, 1.54) is 19.3 Å². The van der Waals surface area contributed by atoms with E-state index in [9.17, 15) is 4.79 Å². The van der Waals surface area contributed by atoms with Crippen LogP contribution in [0.1, 0.15) is 38.5 Å². The lowest BCUT2D eigenvalue weighted by Gasteiger charge is -2.34. The first-order valence-corrected chi connectivity index (χ1v) is 14.6. The van der Waals surface area contributed by atoms with Crippen molar-refractivity contribution in [1.29, 1.82) is 0 Å². The summed E-state index contributed by atoms with van der Waals surface area (Å²) in [6.07, 6.45) is 11.8. The zero-order chi connectivity index (χ0) is 27.8. The van der Waals surface area contributed by atoms with E-state index in [1.807, 2.05) is 12.1 Å². The Kier molecular flexibility index (Phi) is 6.84. The molecule has 0 radical (unpaired) electrons. The van der Waals surface area contributed by atoms with Gasteiger partial charge in [0.05, 0.1) is 40.5 Å². The number of para-hydroxylation sites is 1. The lowest BCUT2D eigenvalue weighted by Crippen LogP contribution is -2.44. The number of nitrogens with one attached hydrogen (secondary N) is 3. The molecule has 1 aromatic carbocycles.